The van der Waals surface area contributed by atoms with Gasteiger partial charge in [-0.15, -0.1) is 11.3 Å². The maximum Gasteiger partial charge on any atom is 0.407 e. The van der Waals surface area contributed by atoms with Crippen LogP contribution in [0.25, 0.3) is 10.4 Å². The van der Waals surface area contributed by atoms with E-state index >= 15 is 0 Å². The second-order valence-electron chi connectivity index (χ2n) is 18.4. The number of rotatable bonds is 19. The van der Waals surface area contributed by atoms with Gasteiger partial charge in [-0.2, -0.15) is 4.31 Å². The van der Waals surface area contributed by atoms with Gasteiger partial charge < -0.3 is 39.4 Å². The minimum Gasteiger partial charge on any atom is -0.497 e. The number of amides is 2. The molecule has 3 aromatic carbocycles. The van der Waals surface area contributed by atoms with Crippen LogP contribution in [0.4, 0.5) is 4.79 Å². The van der Waals surface area contributed by atoms with E-state index in [1.165, 1.54) is 23.5 Å². The molecule has 2 saturated heterocycles. The molecule has 1 aliphatic carbocycles. The van der Waals surface area contributed by atoms with Crippen LogP contribution in [0.2, 0.25) is 0 Å². The lowest BCUT2D eigenvalue weighted by atomic mass is 9.76. The number of carbonyl (C=O) groups excluding carboxylic acids is 2. The van der Waals surface area contributed by atoms with Gasteiger partial charge in [-0.25, -0.2) is 18.0 Å². The van der Waals surface area contributed by atoms with Crippen molar-refractivity contribution in [3.05, 3.63) is 99.4 Å². The molecule has 4 aromatic rings. The van der Waals surface area contributed by atoms with E-state index in [4.69, 9.17) is 23.7 Å². The molecule has 2 fully saturated rings. The van der Waals surface area contributed by atoms with E-state index < -0.39 is 34.2 Å². The summed E-state index contributed by atoms with van der Waals surface area (Å²) < 4.78 is 57.6. The summed E-state index contributed by atoms with van der Waals surface area (Å²) in [5.41, 5.74) is 4.51. The zero-order chi connectivity index (χ0) is 46.5. The molecule has 1 aromatic heterocycles. The van der Waals surface area contributed by atoms with Crippen molar-refractivity contribution in [2.24, 2.45) is 17.3 Å². The molecule has 0 spiro atoms. The van der Waals surface area contributed by atoms with Crippen LogP contribution in [0.1, 0.15) is 89.2 Å². The third kappa shape index (κ3) is 11.7. The highest BCUT2D eigenvalue weighted by Gasteiger charge is 2.44. The van der Waals surface area contributed by atoms with Gasteiger partial charge >= 0.3 is 12.1 Å². The van der Waals surface area contributed by atoms with Gasteiger partial charge in [0.05, 0.1) is 43.2 Å². The third-order valence-corrected chi connectivity index (χ3v) is 15.5. The molecular formula is C49H61N3O11S2. The van der Waals surface area contributed by atoms with Gasteiger partial charge in [0.25, 0.3) is 5.91 Å². The number of ether oxygens (including phenoxy) is 5. The summed E-state index contributed by atoms with van der Waals surface area (Å²) in [5.74, 6) is -0.00964. The lowest BCUT2D eigenvalue weighted by Gasteiger charge is -2.29. The molecule has 0 unspecified atom stereocenters. The molecule has 0 bridgehead atoms. The van der Waals surface area contributed by atoms with E-state index in [2.05, 4.69) is 24.5 Å². The van der Waals surface area contributed by atoms with Gasteiger partial charge in [0.1, 0.15) is 24.2 Å². The van der Waals surface area contributed by atoms with Gasteiger partial charge in [-0.05, 0) is 134 Å². The van der Waals surface area contributed by atoms with Gasteiger partial charge in [0, 0.05) is 34.4 Å². The molecule has 3 N–H and O–H groups in total. The van der Waals surface area contributed by atoms with Crippen LogP contribution in [0.15, 0.2) is 71.6 Å². The molecule has 3 aliphatic rings. The summed E-state index contributed by atoms with van der Waals surface area (Å²) >= 11 is 1.58. The Hall–Kier alpha value is -5.00. The molecular weight excluding hydrogens is 871 g/mol. The van der Waals surface area contributed by atoms with Crippen molar-refractivity contribution < 1.29 is 51.6 Å². The number of fused-ring (bicyclic) bond motifs is 2. The number of alkyl carbamates (subject to hydrolysis) is 1. The van der Waals surface area contributed by atoms with E-state index in [1.807, 2.05) is 51.1 Å². The van der Waals surface area contributed by atoms with Crippen molar-refractivity contribution in [1.29, 1.82) is 0 Å². The highest BCUT2D eigenvalue weighted by atomic mass is 32.2. The SMILES string of the molecule is COc1ccc(S(=O)(=O)N(CC[C@H](Cc2ccc(C(=O)NCCOc3ccc(-c4sc5c(c4C(=O)O)CC(C)(C)CC5)c(C)c3)cc2)NC(=O)O[C@H]2CO[C@H]3OCC[C@H]32)CC(C)C)cc1. The Balaban J connectivity index is 0.960. The Labute approximate surface area is 386 Å². The average Bonchev–Trinajstić information content (AvgIpc) is 3.99. The van der Waals surface area contributed by atoms with Crippen molar-refractivity contribution in [2.45, 2.75) is 96.5 Å². The predicted octanol–water partition coefficient (Wildman–Crippen LogP) is 7.89. The van der Waals surface area contributed by atoms with E-state index in [9.17, 15) is 27.9 Å². The first-order chi connectivity index (χ1) is 31.0. The number of nitrogens with one attached hydrogen (secondary N) is 2. The highest BCUT2D eigenvalue weighted by Crippen LogP contribution is 2.46. The molecule has 2 amide bonds. The number of carbonyl (C=O) groups is 3. The fourth-order valence-electron chi connectivity index (χ4n) is 8.85. The maximum atomic E-state index is 13.9. The van der Waals surface area contributed by atoms with Crippen molar-refractivity contribution in [3.63, 3.8) is 0 Å². The van der Waals surface area contributed by atoms with Crippen molar-refractivity contribution >= 4 is 39.3 Å². The molecule has 2 aliphatic heterocycles. The van der Waals surface area contributed by atoms with E-state index in [-0.39, 0.29) is 73.6 Å². The van der Waals surface area contributed by atoms with Gasteiger partial charge in [0.15, 0.2) is 6.29 Å². The van der Waals surface area contributed by atoms with Crippen LogP contribution in [-0.2, 0) is 43.5 Å². The predicted molar refractivity (Wildman–Crippen MR) is 247 cm³/mol. The number of carboxylic acid groups (broad SMARTS) is 1. The van der Waals surface area contributed by atoms with Crippen LogP contribution in [0.5, 0.6) is 11.5 Å². The molecule has 65 heavy (non-hydrogen) atoms. The number of nitrogens with zero attached hydrogens (tertiary/aromatic N) is 1. The zero-order valence-corrected chi connectivity index (χ0v) is 39.6. The number of thiophene rings is 1. The molecule has 7 rings (SSSR count). The topological polar surface area (TPSA) is 179 Å². The molecule has 4 atom stereocenters. The zero-order valence-electron chi connectivity index (χ0n) is 38.0. The number of methoxy groups -OCH3 is 1. The average molecular weight is 932 g/mol. The fraction of sp³-hybridized carbons (Fsp3) is 0.490. The number of carboxylic acids is 1. The number of aromatic carboxylic acids is 1. The first kappa shape index (κ1) is 47.9. The Kier molecular flexibility index (Phi) is 15.2. The first-order valence-electron chi connectivity index (χ1n) is 22.3. The number of hydrogen-bond acceptors (Lipinski definition) is 11. The first-order valence-corrected chi connectivity index (χ1v) is 24.6. The molecule has 16 heteroatoms. The molecule has 0 radical (unpaired) electrons. The van der Waals surface area contributed by atoms with E-state index in [0.29, 0.717) is 35.7 Å². The number of hydrogen-bond donors (Lipinski definition) is 3. The van der Waals surface area contributed by atoms with Gasteiger partial charge in [0.2, 0.25) is 10.0 Å². The van der Waals surface area contributed by atoms with Gasteiger partial charge in [-0.1, -0.05) is 39.8 Å². The standard InChI is InChI=1S/C49H61N3O11S2/c1-30(2)28-52(65(57,58)37-14-11-35(59-6)12-15-37)22-18-34(51-48(56)63-41-29-62-47-39(41)19-23-61-47)26-32-7-9-33(10-8-32)45(53)50-21-24-60-36-13-16-38(31(3)25-36)44-43(46(54)55)40-27-49(4,5)20-17-42(40)64-44/h7-16,25,30,34,39,41,47H,17-24,26-29H2,1-6H3,(H,50,53)(H,51,56)(H,54,55)/t34-,39+,41+,47-/m1/s1. The van der Waals surface area contributed by atoms with E-state index in [0.717, 1.165) is 57.7 Å². The molecule has 3 heterocycles. The Morgan fingerprint density at radius 2 is 1.75 bits per heavy atom. The summed E-state index contributed by atoms with van der Waals surface area (Å²) in [6.07, 6.45) is 2.58. The Morgan fingerprint density at radius 1 is 1.02 bits per heavy atom. The third-order valence-electron chi connectivity index (χ3n) is 12.3. The number of benzene rings is 3. The van der Waals surface area contributed by atoms with Crippen molar-refractivity contribution in [3.8, 4) is 21.9 Å². The summed E-state index contributed by atoms with van der Waals surface area (Å²) in [6, 6.07) is 18.5. The minimum absolute atomic E-state index is 0.0371. The second-order valence-corrected chi connectivity index (χ2v) is 21.4. The molecule has 0 saturated carbocycles. The van der Waals surface area contributed by atoms with E-state index in [1.54, 1.807) is 35.6 Å². The lowest BCUT2D eigenvalue weighted by Crippen LogP contribution is -2.43. The summed E-state index contributed by atoms with van der Waals surface area (Å²) in [7, 11) is -2.36. The number of aryl methyl sites for hydroxylation is 2. The van der Waals surface area contributed by atoms with Gasteiger partial charge in [-0.3, -0.25) is 4.79 Å². The summed E-state index contributed by atoms with van der Waals surface area (Å²) in [6.45, 7) is 11.9. The van der Waals surface area contributed by atoms with Crippen LogP contribution in [0.3, 0.4) is 0 Å². The second kappa shape index (κ2) is 20.7. The van der Waals surface area contributed by atoms with Crippen LogP contribution in [0, 0.1) is 24.2 Å². The summed E-state index contributed by atoms with van der Waals surface area (Å²) in [4.78, 5) is 41.1. The van der Waals surface area contributed by atoms with Crippen LogP contribution >= 0.6 is 11.3 Å². The largest absolute Gasteiger partial charge is 0.497 e. The van der Waals surface area contributed by atoms with Crippen molar-refractivity contribution in [2.75, 3.05) is 46.6 Å². The monoisotopic (exact) mass is 931 g/mol. The Morgan fingerprint density at radius 3 is 2.45 bits per heavy atom. The van der Waals surface area contributed by atoms with Crippen molar-refractivity contribution in [1.82, 2.24) is 14.9 Å². The fourth-order valence-corrected chi connectivity index (χ4v) is 11.9. The maximum absolute atomic E-state index is 13.9. The lowest BCUT2D eigenvalue weighted by molar-refractivity contribution is -0.0907. The quantitative estimate of drug-likeness (QED) is 0.0779. The normalized spacial score (nSPS) is 19.4. The molecule has 350 valence electrons. The number of sulfonamides is 1. The minimum atomic E-state index is -3.88. The van der Waals surface area contributed by atoms with Crippen LogP contribution < -0.4 is 20.1 Å². The Bertz CT molecular complexity index is 2430. The summed E-state index contributed by atoms with van der Waals surface area (Å²) in [5, 5.41) is 16.1. The molecule has 14 nitrogen and oxygen atoms in total. The van der Waals surface area contributed by atoms with Crippen LogP contribution in [-0.4, -0.2) is 101 Å². The highest BCUT2D eigenvalue weighted by molar-refractivity contribution is 7.89. The smallest absolute Gasteiger partial charge is 0.407 e.